The quantitative estimate of drug-likeness (QED) is 0.727. The number of anilines is 1. The predicted octanol–water partition coefficient (Wildman–Crippen LogP) is 0.784. The molecule has 1 aromatic heterocycles. The van der Waals surface area contributed by atoms with E-state index in [0.717, 1.165) is 25.3 Å². The number of nitrogen functional groups attached to an aromatic ring is 1. The Bertz CT molecular complexity index is 310. The van der Waals surface area contributed by atoms with E-state index < -0.39 is 0 Å². The van der Waals surface area contributed by atoms with Crippen LogP contribution in [0.2, 0.25) is 0 Å². The van der Waals surface area contributed by atoms with Crippen molar-refractivity contribution in [3.8, 4) is 0 Å². The molecular weight excluding hydrogens is 164 g/mol. The fraction of sp³-hybridized carbons (Fsp3) is 0.556. The Kier molecular flexibility index (Phi) is 2.14. The summed E-state index contributed by atoms with van der Waals surface area (Å²) in [5.74, 6) is 0.386. The lowest BCUT2D eigenvalue weighted by Crippen LogP contribution is -2.16. The normalized spacial score (nSPS) is 16.1. The van der Waals surface area contributed by atoms with Gasteiger partial charge < -0.3 is 5.73 Å². The van der Waals surface area contributed by atoms with Crippen molar-refractivity contribution in [2.45, 2.75) is 26.4 Å². The molecule has 1 aliphatic heterocycles. The van der Waals surface area contributed by atoms with E-state index in [0.29, 0.717) is 5.95 Å². The summed E-state index contributed by atoms with van der Waals surface area (Å²) >= 11 is 0. The van der Waals surface area contributed by atoms with Gasteiger partial charge >= 0.3 is 0 Å². The van der Waals surface area contributed by atoms with Crippen LogP contribution in [-0.2, 0) is 13.1 Å². The van der Waals surface area contributed by atoms with Crippen LogP contribution in [0.25, 0.3) is 0 Å². The van der Waals surface area contributed by atoms with Crippen molar-refractivity contribution in [2.24, 2.45) is 0 Å². The Balaban J connectivity index is 2.16. The van der Waals surface area contributed by atoms with E-state index >= 15 is 0 Å². The molecule has 0 amide bonds. The third-order valence-electron chi connectivity index (χ3n) is 2.28. The van der Waals surface area contributed by atoms with Crippen molar-refractivity contribution in [2.75, 3.05) is 12.3 Å². The van der Waals surface area contributed by atoms with E-state index in [-0.39, 0.29) is 0 Å². The molecule has 2 heterocycles. The van der Waals surface area contributed by atoms with Gasteiger partial charge in [0.1, 0.15) is 0 Å². The van der Waals surface area contributed by atoms with Crippen LogP contribution < -0.4 is 5.73 Å². The van der Waals surface area contributed by atoms with E-state index in [1.807, 2.05) is 6.20 Å². The van der Waals surface area contributed by atoms with Crippen LogP contribution in [0.4, 0.5) is 5.95 Å². The van der Waals surface area contributed by atoms with Crippen LogP contribution in [-0.4, -0.2) is 21.4 Å². The molecule has 4 heteroatoms. The third-order valence-corrected chi connectivity index (χ3v) is 2.28. The van der Waals surface area contributed by atoms with Gasteiger partial charge in [0.25, 0.3) is 0 Å². The van der Waals surface area contributed by atoms with Gasteiger partial charge in [-0.05, 0) is 13.0 Å². The summed E-state index contributed by atoms with van der Waals surface area (Å²) in [5.41, 5.74) is 7.83. The molecule has 1 aromatic rings. The Morgan fingerprint density at radius 1 is 1.54 bits per heavy atom. The second-order valence-electron chi connectivity index (χ2n) is 3.41. The highest BCUT2D eigenvalue weighted by Crippen LogP contribution is 2.20. The Morgan fingerprint density at radius 2 is 2.38 bits per heavy atom. The van der Waals surface area contributed by atoms with E-state index in [9.17, 15) is 0 Å². The molecule has 0 unspecified atom stereocenters. The first-order valence-electron chi connectivity index (χ1n) is 4.62. The number of fused-ring (bicyclic) bond motifs is 1. The molecule has 2 rings (SSSR count). The lowest BCUT2D eigenvalue weighted by molar-refractivity contribution is 0.283. The molecule has 70 valence electrons. The maximum atomic E-state index is 5.51. The minimum absolute atomic E-state index is 0.386. The van der Waals surface area contributed by atoms with E-state index in [1.54, 1.807) is 0 Å². The molecule has 0 aromatic carbocycles. The molecule has 0 fully saturated rings. The van der Waals surface area contributed by atoms with Crippen LogP contribution in [0.1, 0.15) is 24.6 Å². The molecule has 0 saturated carbocycles. The first-order chi connectivity index (χ1) is 6.29. The van der Waals surface area contributed by atoms with Gasteiger partial charge in [-0.25, -0.2) is 9.97 Å². The number of rotatable bonds is 2. The summed E-state index contributed by atoms with van der Waals surface area (Å²) in [7, 11) is 0. The van der Waals surface area contributed by atoms with Crippen LogP contribution in [0.15, 0.2) is 6.20 Å². The fourth-order valence-corrected chi connectivity index (χ4v) is 1.71. The van der Waals surface area contributed by atoms with Gasteiger partial charge in [0.2, 0.25) is 5.95 Å². The van der Waals surface area contributed by atoms with Gasteiger partial charge in [0.05, 0.1) is 5.69 Å². The highest BCUT2D eigenvalue weighted by atomic mass is 15.2. The van der Waals surface area contributed by atoms with Crippen molar-refractivity contribution in [1.29, 1.82) is 0 Å². The summed E-state index contributed by atoms with van der Waals surface area (Å²) in [6.07, 6.45) is 3.02. The highest BCUT2D eigenvalue weighted by Gasteiger charge is 2.19. The fourth-order valence-electron chi connectivity index (χ4n) is 1.71. The first-order valence-corrected chi connectivity index (χ1v) is 4.62. The molecule has 0 radical (unpaired) electrons. The molecule has 13 heavy (non-hydrogen) atoms. The Hall–Kier alpha value is -1.16. The molecule has 0 saturated heterocycles. The van der Waals surface area contributed by atoms with E-state index in [1.165, 1.54) is 12.0 Å². The van der Waals surface area contributed by atoms with Crippen LogP contribution >= 0.6 is 0 Å². The van der Waals surface area contributed by atoms with E-state index in [4.69, 9.17) is 5.73 Å². The highest BCUT2D eigenvalue weighted by molar-refractivity contribution is 5.27. The number of aromatic nitrogens is 2. The smallest absolute Gasteiger partial charge is 0.220 e. The van der Waals surface area contributed by atoms with Crippen molar-refractivity contribution in [3.05, 3.63) is 17.5 Å². The average molecular weight is 178 g/mol. The number of hydrogen-bond donors (Lipinski definition) is 1. The van der Waals surface area contributed by atoms with Crippen LogP contribution in [0.5, 0.6) is 0 Å². The second-order valence-corrected chi connectivity index (χ2v) is 3.41. The number of nitrogens with two attached hydrogens (primary N) is 1. The monoisotopic (exact) mass is 178 g/mol. The zero-order valence-electron chi connectivity index (χ0n) is 7.82. The summed E-state index contributed by atoms with van der Waals surface area (Å²) in [6.45, 7) is 5.21. The summed E-state index contributed by atoms with van der Waals surface area (Å²) in [6, 6.07) is 0. The third kappa shape index (κ3) is 1.62. The van der Waals surface area contributed by atoms with Gasteiger partial charge in [-0.2, -0.15) is 0 Å². The largest absolute Gasteiger partial charge is 0.368 e. The second kappa shape index (κ2) is 3.30. The molecule has 1 aliphatic rings. The van der Waals surface area contributed by atoms with Gasteiger partial charge in [0.15, 0.2) is 0 Å². The Labute approximate surface area is 77.8 Å². The van der Waals surface area contributed by atoms with E-state index in [2.05, 4.69) is 21.8 Å². The van der Waals surface area contributed by atoms with Crippen molar-refractivity contribution in [3.63, 3.8) is 0 Å². The molecule has 0 atom stereocenters. The van der Waals surface area contributed by atoms with Gasteiger partial charge in [0, 0.05) is 24.8 Å². The molecular formula is C9H14N4. The van der Waals surface area contributed by atoms with Crippen molar-refractivity contribution >= 4 is 5.95 Å². The molecule has 4 nitrogen and oxygen atoms in total. The number of hydrogen-bond acceptors (Lipinski definition) is 4. The van der Waals surface area contributed by atoms with Gasteiger partial charge in [-0.15, -0.1) is 0 Å². The van der Waals surface area contributed by atoms with Gasteiger partial charge in [-0.3, -0.25) is 4.90 Å². The zero-order chi connectivity index (χ0) is 9.26. The first kappa shape index (κ1) is 8.44. The minimum Gasteiger partial charge on any atom is -0.368 e. The molecule has 0 bridgehead atoms. The lowest BCUT2D eigenvalue weighted by atomic mass is 10.3. The molecule has 0 aliphatic carbocycles. The molecule has 0 spiro atoms. The summed E-state index contributed by atoms with van der Waals surface area (Å²) in [5, 5.41) is 0. The average Bonchev–Trinajstić information content (AvgIpc) is 2.46. The summed E-state index contributed by atoms with van der Waals surface area (Å²) in [4.78, 5) is 10.6. The standard InChI is InChI=1S/C9H14N4/c1-2-3-13-5-7-4-11-9(10)12-8(7)6-13/h4H,2-3,5-6H2,1H3,(H2,10,11,12). The minimum atomic E-state index is 0.386. The lowest BCUT2D eigenvalue weighted by Gasteiger charge is -2.11. The topological polar surface area (TPSA) is 55.0 Å². The van der Waals surface area contributed by atoms with Crippen molar-refractivity contribution < 1.29 is 0 Å². The zero-order valence-corrected chi connectivity index (χ0v) is 7.82. The molecule has 2 N–H and O–H groups in total. The number of nitrogens with zero attached hydrogens (tertiary/aromatic N) is 3. The predicted molar refractivity (Wildman–Crippen MR) is 50.8 cm³/mol. The Morgan fingerprint density at radius 3 is 3.15 bits per heavy atom. The van der Waals surface area contributed by atoms with Crippen molar-refractivity contribution in [1.82, 2.24) is 14.9 Å². The van der Waals surface area contributed by atoms with Gasteiger partial charge in [-0.1, -0.05) is 6.92 Å². The maximum absolute atomic E-state index is 5.51. The maximum Gasteiger partial charge on any atom is 0.220 e. The SMILES string of the molecule is CCCN1Cc2cnc(N)nc2C1. The van der Waals surface area contributed by atoms with Crippen LogP contribution in [0, 0.1) is 0 Å². The van der Waals surface area contributed by atoms with Crippen LogP contribution in [0.3, 0.4) is 0 Å². The summed E-state index contributed by atoms with van der Waals surface area (Å²) < 4.78 is 0.